The number of phenols is 1. The molecule has 0 spiro atoms. The molecule has 0 aliphatic heterocycles. The molecule has 2 aliphatic rings. The lowest BCUT2D eigenvalue weighted by Gasteiger charge is -2.27. The van der Waals surface area contributed by atoms with Crippen molar-refractivity contribution >= 4 is 0 Å². The summed E-state index contributed by atoms with van der Waals surface area (Å²) in [4.78, 5) is 0. The maximum Gasteiger partial charge on any atom is 0.201 e. The van der Waals surface area contributed by atoms with Gasteiger partial charge in [0.25, 0.3) is 0 Å². The second-order valence-corrected chi connectivity index (χ2v) is 8.49. The van der Waals surface area contributed by atoms with E-state index in [9.17, 15) is 18.3 Å². The zero-order chi connectivity index (χ0) is 21.2. The lowest BCUT2D eigenvalue weighted by molar-refractivity contribution is 0.342. The molecule has 1 nitrogen and oxygen atoms in total. The molecule has 0 unspecified atom stereocenters. The Morgan fingerprint density at radius 2 is 1.40 bits per heavy atom. The highest BCUT2D eigenvalue weighted by Gasteiger charge is 2.34. The molecule has 2 aliphatic carbocycles. The van der Waals surface area contributed by atoms with Crippen molar-refractivity contribution < 1.29 is 22.7 Å². The lowest BCUT2D eigenvalue weighted by Crippen LogP contribution is -2.12. The van der Waals surface area contributed by atoms with Gasteiger partial charge in [-0.3, -0.25) is 0 Å². The largest absolute Gasteiger partial charge is 0.505 e. The van der Waals surface area contributed by atoms with Crippen molar-refractivity contribution in [3.63, 3.8) is 0 Å². The van der Waals surface area contributed by atoms with Crippen molar-refractivity contribution in [1.82, 2.24) is 0 Å². The smallest absolute Gasteiger partial charge is 0.201 e. The van der Waals surface area contributed by atoms with Crippen LogP contribution in [-0.4, -0.2) is 5.11 Å². The molecule has 1 fully saturated rings. The molecule has 0 heterocycles. The topological polar surface area (TPSA) is 20.2 Å². The Balaban J connectivity index is 1.53. The molecule has 3 aromatic carbocycles. The van der Waals surface area contributed by atoms with Gasteiger partial charge in [0.1, 0.15) is 11.6 Å². The Bertz CT molecular complexity index is 1180. The average molecular weight is 412 g/mol. The molecule has 0 aromatic heterocycles. The van der Waals surface area contributed by atoms with Gasteiger partial charge in [0.15, 0.2) is 11.6 Å². The second-order valence-electron chi connectivity index (χ2n) is 8.49. The number of halogens is 4. The number of hydrogen-bond donors (Lipinski definition) is 1. The molecule has 5 rings (SSSR count). The predicted molar refractivity (Wildman–Crippen MR) is 108 cm³/mol. The summed E-state index contributed by atoms with van der Waals surface area (Å²) in [6, 6.07) is 8.92. The number of aromatic hydroxyl groups is 1. The highest BCUT2D eigenvalue weighted by Crippen LogP contribution is 2.53. The monoisotopic (exact) mass is 412 g/mol. The minimum absolute atomic E-state index is 0.0374. The van der Waals surface area contributed by atoms with Crippen molar-refractivity contribution in [3.05, 3.63) is 65.2 Å². The van der Waals surface area contributed by atoms with Gasteiger partial charge in [-0.2, -0.15) is 4.39 Å². The standard InChI is InChI=1S/C25H20F4O/c1-12-2-4-13(5-3-12)15-7-6-14(10-19(15)26)16-8-9-17-18-11-20(30)24(28)25(29)22(18)21(17)23(16)27/h6-13,30H,2-5H2,1H3. The zero-order valence-corrected chi connectivity index (χ0v) is 16.4. The van der Waals surface area contributed by atoms with E-state index in [1.165, 1.54) is 12.1 Å². The van der Waals surface area contributed by atoms with Crippen molar-refractivity contribution in [2.45, 2.75) is 38.5 Å². The van der Waals surface area contributed by atoms with Crippen LogP contribution < -0.4 is 0 Å². The van der Waals surface area contributed by atoms with Gasteiger partial charge in [-0.15, -0.1) is 0 Å². The first kappa shape index (κ1) is 19.2. The van der Waals surface area contributed by atoms with Gasteiger partial charge >= 0.3 is 0 Å². The number of rotatable bonds is 2. The quantitative estimate of drug-likeness (QED) is 0.337. The average Bonchev–Trinajstić information content (AvgIpc) is 2.72. The Kier molecular flexibility index (Phi) is 4.38. The summed E-state index contributed by atoms with van der Waals surface area (Å²) in [5, 5.41) is 9.49. The Hall–Kier alpha value is -2.82. The van der Waals surface area contributed by atoms with Crippen LogP contribution in [0, 0.1) is 29.2 Å². The maximum absolute atomic E-state index is 15.2. The lowest BCUT2D eigenvalue weighted by atomic mass is 9.77. The summed E-state index contributed by atoms with van der Waals surface area (Å²) < 4.78 is 58.2. The van der Waals surface area contributed by atoms with Gasteiger partial charge in [0.2, 0.25) is 5.82 Å². The second kappa shape index (κ2) is 6.86. The van der Waals surface area contributed by atoms with Crippen LogP contribution in [0.1, 0.15) is 44.1 Å². The van der Waals surface area contributed by atoms with Crippen LogP contribution in [0.25, 0.3) is 33.4 Å². The molecule has 1 saturated carbocycles. The third kappa shape index (κ3) is 2.75. The van der Waals surface area contributed by atoms with E-state index in [2.05, 4.69) is 6.92 Å². The van der Waals surface area contributed by atoms with Crippen LogP contribution in [-0.2, 0) is 0 Å². The molecule has 0 radical (unpaired) electrons. The molecular weight excluding hydrogens is 392 g/mol. The number of benzene rings is 3. The molecule has 0 bridgehead atoms. The van der Waals surface area contributed by atoms with Gasteiger partial charge in [0.05, 0.1) is 0 Å². The van der Waals surface area contributed by atoms with Crippen LogP contribution in [0.2, 0.25) is 0 Å². The molecule has 0 atom stereocenters. The van der Waals surface area contributed by atoms with Gasteiger partial charge in [-0.1, -0.05) is 44.0 Å². The first-order chi connectivity index (χ1) is 14.4. The van der Waals surface area contributed by atoms with E-state index in [0.717, 1.165) is 31.7 Å². The first-order valence-electron chi connectivity index (χ1n) is 10.2. The number of phenolic OH excluding ortho intramolecular Hbond substituents is 1. The van der Waals surface area contributed by atoms with E-state index in [-0.39, 0.29) is 34.0 Å². The third-order valence-electron chi connectivity index (χ3n) is 6.64. The van der Waals surface area contributed by atoms with E-state index < -0.39 is 23.2 Å². The minimum atomic E-state index is -1.40. The summed E-state index contributed by atoms with van der Waals surface area (Å²) >= 11 is 0. The fourth-order valence-electron chi connectivity index (χ4n) is 4.87. The molecule has 3 aromatic rings. The van der Waals surface area contributed by atoms with Gasteiger partial charge < -0.3 is 5.11 Å². The summed E-state index contributed by atoms with van der Waals surface area (Å²) in [7, 11) is 0. The molecule has 154 valence electrons. The van der Waals surface area contributed by atoms with Crippen molar-refractivity contribution in [2.24, 2.45) is 5.92 Å². The van der Waals surface area contributed by atoms with E-state index in [0.29, 0.717) is 22.6 Å². The van der Waals surface area contributed by atoms with Crippen molar-refractivity contribution in [1.29, 1.82) is 0 Å². The van der Waals surface area contributed by atoms with Crippen LogP contribution >= 0.6 is 0 Å². The van der Waals surface area contributed by atoms with Crippen LogP contribution in [0.3, 0.4) is 0 Å². The first-order valence-corrected chi connectivity index (χ1v) is 10.2. The highest BCUT2D eigenvalue weighted by molar-refractivity contribution is 6.04. The number of hydrogen-bond acceptors (Lipinski definition) is 1. The maximum atomic E-state index is 15.2. The normalized spacial score (nSPS) is 19.8. The Labute approximate surface area is 172 Å². The Morgan fingerprint density at radius 3 is 2.10 bits per heavy atom. The summed E-state index contributed by atoms with van der Waals surface area (Å²) in [6.45, 7) is 2.21. The predicted octanol–water partition coefficient (Wildman–Crippen LogP) is 7.56. The summed E-state index contributed by atoms with van der Waals surface area (Å²) in [6.07, 6.45) is 4.03. The van der Waals surface area contributed by atoms with E-state index in [4.69, 9.17) is 0 Å². The van der Waals surface area contributed by atoms with Crippen molar-refractivity contribution in [3.8, 4) is 39.1 Å². The van der Waals surface area contributed by atoms with Crippen LogP contribution in [0.15, 0.2) is 36.4 Å². The molecular formula is C25H20F4O. The molecule has 0 saturated heterocycles. The highest BCUT2D eigenvalue weighted by atomic mass is 19.2. The van der Waals surface area contributed by atoms with Gasteiger partial charge in [-0.25, -0.2) is 13.2 Å². The third-order valence-corrected chi connectivity index (χ3v) is 6.64. The van der Waals surface area contributed by atoms with E-state index in [1.54, 1.807) is 18.2 Å². The van der Waals surface area contributed by atoms with E-state index >= 15 is 4.39 Å². The van der Waals surface area contributed by atoms with Gasteiger partial charge in [0, 0.05) is 16.7 Å². The summed E-state index contributed by atoms with van der Waals surface area (Å²) in [5.74, 6) is -3.73. The van der Waals surface area contributed by atoms with Crippen LogP contribution in [0.5, 0.6) is 5.75 Å². The van der Waals surface area contributed by atoms with Crippen LogP contribution in [0.4, 0.5) is 17.6 Å². The van der Waals surface area contributed by atoms with E-state index in [1.807, 2.05) is 0 Å². The number of fused-ring (bicyclic) bond motifs is 4. The fraction of sp³-hybridized carbons (Fsp3) is 0.280. The fourth-order valence-corrected chi connectivity index (χ4v) is 4.87. The minimum Gasteiger partial charge on any atom is -0.505 e. The zero-order valence-electron chi connectivity index (χ0n) is 16.4. The summed E-state index contributed by atoms with van der Waals surface area (Å²) in [5.41, 5.74) is 1.58. The molecule has 30 heavy (non-hydrogen) atoms. The molecule has 0 amide bonds. The SMILES string of the molecule is CC1CCC(c2ccc(-c3ccc4c(c3F)-c3c-4cc(O)c(F)c3F)cc2F)CC1. The van der Waals surface area contributed by atoms with Gasteiger partial charge in [-0.05, 0) is 59.1 Å². The molecule has 5 heteroatoms. The Morgan fingerprint density at radius 1 is 0.733 bits per heavy atom. The molecule has 1 N–H and O–H groups in total. The van der Waals surface area contributed by atoms with Crippen molar-refractivity contribution in [2.75, 3.05) is 0 Å².